The van der Waals surface area contributed by atoms with Gasteiger partial charge in [0, 0.05) is 31.0 Å². The van der Waals surface area contributed by atoms with Crippen LogP contribution in [0.3, 0.4) is 0 Å². The molecule has 0 radical (unpaired) electrons. The fraction of sp³-hybridized carbons (Fsp3) is 0.357. The van der Waals surface area contributed by atoms with E-state index in [-0.39, 0.29) is 5.65 Å². The van der Waals surface area contributed by atoms with Crippen LogP contribution < -0.4 is 5.32 Å². The number of hydrogen-bond acceptors (Lipinski definition) is 4. The Balaban J connectivity index is 1.91. The second kappa shape index (κ2) is 5.56. The summed E-state index contributed by atoms with van der Waals surface area (Å²) in [5.74, 6) is -0.725. The zero-order chi connectivity index (χ0) is 16.6. The van der Waals surface area contributed by atoms with Gasteiger partial charge in [-0.25, -0.2) is 0 Å². The molecule has 3 rings (SSSR count). The summed E-state index contributed by atoms with van der Waals surface area (Å²) in [5, 5.41) is 13.9. The van der Waals surface area contributed by atoms with Crippen LogP contribution in [0.2, 0.25) is 0 Å². The fourth-order valence-electron chi connectivity index (χ4n) is 2.30. The number of anilines is 1. The number of aryl methyl sites for hydroxylation is 1. The van der Waals surface area contributed by atoms with Gasteiger partial charge in [-0.05, 0) is 31.5 Å². The van der Waals surface area contributed by atoms with E-state index in [2.05, 4.69) is 20.6 Å². The molecule has 0 spiro atoms. The summed E-state index contributed by atoms with van der Waals surface area (Å²) in [4.78, 5) is 0. The smallest absolute Gasteiger partial charge is 0.367 e. The largest absolute Gasteiger partial charge is 0.453 e. The average Bonchev–Trinajstić information content (AvgIpc) is 3.12. The van der Waals surface area contributed by atoms with E-state index in [9.17, 15) is 13.2 Å². The number of rotatable bonds is 4. The molecule has 0 aliphatic heterocycles. The molecule has 122 valence electrons. The van der Waals surface area contributed by atoms with Gasteiger partial charge in [0.05, 0.1) is 0 Å². The van der Waals surface area contributed by atoms with Crippen LogP contribution in [0.1, 0.15) is 17.0 Å². The summed E-state index contributed by atoms with van der Waals surface area (Å²) in [6.45, 7) is 4.72. The number of fused-ring (bicyclic) bond motifs is 1. The maximum absolute atomic E-state index is 13.0. The Morgan fingerprint density at radius 3 is 2.43 bits per heavy atom. The monoisotopic (exact) mass is 324 g/mol. The number of nitrogens with zero attached hydrogens (tertiary/aromatic N) is 5. The first-order chi connectivity index (χ1) is 10.9. The van der Waals surface area contributed by atoms with E-state index in [1.54, 1.807) is 13.8 Å². The van der Waals surface area contributed by atoms with Crippen LogP contribution in [0.15, 0.2) is 24.5 Å². The Morgan fingerprint density at radius 2 is 1.78 bits per heavy atom. The first-order valence-corrected chi connectivity index (χ1v) is 7.02. The van der Waals surface area contributed by atoms with Crippen molar-refractivity contribution in [1.29, 1.82) is 0 Å². The summed E-state index contributed by atoms with van der Waals surface area (Å²) in [5.41, 5.74) is 1.49. The van der Waals surface area contributed by atoms with Crippen LogP contribution in [0.5, 0.6) is 0 Å². The van der Waals surface area contributed by atoms with Crippen molar-refractivity contribution >= 4 is 11.5 Å². The van der Waals surface area contributed by atoms with Crippen LogP contribution in [0.4, 0.5) is 19.0 Å². The molecule has 0 bridgehead atoms. The molecule has 0 aromatic carbocycles. The van der Waals surface area contributed by atoms with Gasteiger partial charge in [0.2, 0.25) is 0 Å². The highest BCUT2D eigenvalue weighted by Gasteiger charge is 2.38. The van der Waals surface area contributed by atoms with E-state index in [4.69, 9.17) is 0 Å². The van der Waals surface area contributed by atoms with Crippen molar-refractivity contribution in [3.63, 3.8) is 0 Å². The van der Waals surface area contributed by atoms with E-state index in [1.165, 1.54) is 0 Å². The highest BCUT2D eigenvalue weighted by atomic mass is 19.4. The zero-order valence-electron chi connectivity index (χ0n) is 12.6. The molecule has 0 amide bonds. The molecule has 3 heterocycles. The fourth-order valence-corrected chi connectivity index (χ4v) is 2.30. The van der Waals surface area contributed by atoms with Gasteiger partial charge in [0.1, 0.15) is 5.82 Å². The topological polar surface area (TPSA) is 60.0 Å². The van der Waals surface area contributed by atoms with Gasteiger partial charge >= 0.3 is 6.18 Å². The summed E-state index contributed by atoms with van der Waals surface area (Å²) in [6, 6.07) is 3.82. The number of alkyl halides is 3. The van der Waals surface area contributed by atoms with Gasteiger partial charge in [-0.3, -0.25) is 0 Å². The van der Waals surface area contributed by atoms with Crippen molar-refractivity contribution in [2.75, 3.05) is 11.9 Å². The van der Waals surface area contributed by atoms with Crippen LogP contribution in [0.25, 0.3) is 5.65 Å². The van der Waals surface area contributed by atoms with Crippen LogP contribution in [-0.2, 0) is 12.7 Å². The lowest BCUT2D eigenvalue weighted by molar-refractivity contribution is -0.146. The van der Waals surface area contributed by atoms with E-state index in [1.807, 2.05) is 29.1 Å². The Kier molecular flexibility index (Phi) is 3.70. The van der Waals surface area contributed by atoms with Gasteiger partial charge < -0.3 is 9.88 Å². The van der Waals surface area contributed by atoms with Crippen LogP contribution >= 0.6 is 0 Å². The molecule has 3 aromatic rings. The summed E-state index contributed by atoms with van der Waals surface area (Å²) >= 11 is 0. The molecule has 0 saturated carbocycles. The van der Waals surface area contributed by atoms with Crippen LogP contribution in [-0.4, -0.2) is 30.9 Å². The highest BCUT2D eigenvalue weighted by Crippen LogP contribution is 2.29. The van der Waals surface area contributed by atoms with E-state index in [0.717, 1.165) is 10.1 Å². The molecule has 0 aliphatic rings. The first-order valence-electron chi connectivity index (χ1n) is 7.02. The molecule has 0 fully saturated rings. The van der Waals surface area contributed by atoms with Crippen molar-refractivity contribution in [2.45, 2.75) is 26.6 Å². The van der Waals surface area contributed by atoms with Gasteiger partial charge in [0.25, 0.3) is 5.82 Å². The molecule has 0 aliphatic carbocycles. The molecular formula is C14H15F3N6. The Bertz CT molecular complexity index is 819. The van der Waals surface area contributed by atoms with Crippen molar-refractivity contribution in [2.24, 2.45) is 0 Å². The molecule has 0 saturated heterocycles. The van der Waals surface area contributed by atoms with Crippen molar-refractivity contribution in [3.05, 3.63) is 41.5 Å². The van der Waals surface area contributed by atoms with Crippen molar-refractivity contribution < 1.29 is 13.2 Å². The van der Waals surface area contributed by atoms with E-state index >= 15 is 0 Å². The predicted molar refractivity (Wildman–Crippen MR) is 78.2 cm³/mol. The molecular weight excluding hydrogens is 309 g/mol. The lowest BCUT2D eigenvalue weighted by atomic mass is 10.2. The number of nitrogens with one attached hydrogen (secondary N) is 1. The lowest BCUT2D eigenvalue weighted by Crippen LogP contribution is -2.16. The van der Waals surface area contributed by atoms with Crippen molar-refractivity contribution in [1.82, 2.24) is 24.4 Å². The average molecular weight is 324 g/mol. The lowest BCUT2D eigenvalue weighted by Gasteiger charge is -2.12. The second-order valence-corrected chi connectivity index (χ2v) is 5.20. The Hall–Kier alpha value is -2.58. The van der Waals surface area contributed by atoms with Gasteiger partial charge in [-0.2, -0.15) is 17.7 Å². The third kappa shape index (κ3) is 2.86. The van der Waals surface area contributed by atoms with Gasteiger partial charge in [-0.1, -0.05) is 0 Å². The molecule has 9 heteroatoms. The number of aromatic nitrogens is 5. The van der Waals surface area contributed by atoms with Gasteiger partial charge in [-0.15, -0.1) is 15.3 Å². The SMILES string of the molecule is Cc1c(NCCn2cccc2)nn2c(C(F)(F)F)nnc2c1C. The third-order valence-corrected chi connectivity index (χ3v) is 3.68. The third-order valence-electron chi connectivity index (χ3n) is 3.68. The summed E-state index contributed by atoms with van der Waals surface area (Å²) in [6.07, 6.45) is -0.771. The van der Waals surface area contributed by atoms with Gasteiger partial charge in [0.15, 0.2) is 5.65 Å². The van der Waals surface area contributed by atoms with E-state index < -0.39 is 12.0 Å². The summed E-state index contributed by atoms with van der Waals surface area (Å²) < 4.78 is 41.6. The second-order valence-electron chi connectivity index (χ2n) is 5.20. The standard InChI is InChI=1S/C14H15F3N6/c1-9-10(2)12-19-20-13(14(15,16)17)23(12)21-11(9)18-5-8-22-6-3-4-7-22/h3-4,6-7H,5,8H2,1-2H3,(H,18,21). The molecule has 23 heavy (non-hydrogen) atoms. The van der Waals surface area contributed by atoms with Crippen LogP contribution in [0, 0.1) is 13.8 Å². The zero-order valence-corrected chi connectivity index (χ0v) is 12.6. The normalized spacial score (nSPS) is 12.0. The Morgan fingerprint density at radius 1 is 1.09 bits per heavy atom. The maximum atomic E-state index is 13.0. The molecule has 0 atom stereocenters. The first kappa shape index (κ1) is 15.3. The minimum Gasteiger partial charge on any atom is -0.367 e. The quantitative estimate of drug-likeness (QED) is 0.801. The number of halogens is 3. The minimum absolute atomic E-state index is 0.116. The summed E-state index contributed by atoms with van der Waals surface area (Å²) in [7, 11) is 0. The predicted octanol–water partition coefficient (Wildman–Crippen LogP) is 2.67. The Labute approximate surface area is 129 Å². The molecule has 0 unspecified atom stereocenters. The molecule has 6 nitrogen and oxygen atoms in total. The number of hydrogen-bond donors (Lipinski definition) is 1. The molecule has 3 aromatic heterocycles. The van der Waals surface area contributed by atoms with E-state index in [0.29, 0.717) is 24.5 Å². The highest BCUT2D eigenvalue weighted by molar-refractivity contribution is 5.58. The maximum Gasteiger partial charge on any atom is 0.453 e. The van der Waals surface area contributed by atoms with Crippen molar-refractivity contribution in [3.8, 4) is 0 Å². The molecule has 1 N–H and O–H groups in total. The minimum atomic E-state index is -4.60.